The van der Waals surface area contributed by atoms with Crippen LogP contribution in [-0.4, -0.2) is 41.3 Å². The van der Waals surface area contributed by atoms with Crippen molar-refractivity contribution in [2.24, 2.45) is 0 Å². The van der Waals surface area contributed by atoms with Gasteiger partial charge in [-0.15, -0.1) is 0 Å². The summed E-state index contributed by atoms with van der Waals surface area (Å²) in [6.07, 6.45) is 0.419. The van der Waals surface area contributed by atoms with E-state index in [2.05, 4.69) is 5.32 Å². The van der Waals surface area contributed by atoms with Crippen LogP contribution >= 0.6 is 11.6 Å². The molecule has 0 aromatic heterocycles. The lowest BCUT2D eigenvalue weighted by atomic mass is 10.0. The molecule has 0 bridgehead atoms. The molecule has 22 heavy (non-hydrogen) atoms. The average Bonchev–Trinajstić information content (AvgIpc) is 2.83. The van der Waals surface area contributed by atoms with Crippen molar-refractivity contribution in [3.05, 3.63) is 36.0 Å². The van der Waals surface area contributed by atoms with Crippen LogP contribution in [0.2, 0.25) is 0 Å². The van der Waals surface area contributed by atoms with Crippen molar-refractivity contribution in [3.8, 4) is 5.75 Å². The van der Waals surface area contributed by atoms with Gasteiger partial charge in [0.2, 0.25) is 5.72 Å². The highest BCUT2D eigenvalue weighted by atomic mass is 35.5. The molecule has 2 rings (SSSR count). The highest BCUT2D eigenvalue weighted by Crippen LogP contribution is 2.41. The molecule has 120 valence electrons. The second kappa shape index (κ2) is 5.73. The minimum Gasteiger partial charge on any atom is -0.410 e. The fourth-order valence-electron chi connectivity index (χ4n) is 1.88. The number of rotatable bonds is 3. The maximum atomic E-state index is 13.1. The van der Waals surface area contributed by atoms with Gasteiger partial charge in [0.25, 0.3) is 0 Å². The van der Waals surface area contributed by atoms with Gasteiger partial charge in [0.05, 0.1) is 0 Å². The van der Waals surface area contributed by atoms with Gasteiger partial charge in [-0.2, -0.15) is 8.78 Å². The van der Waals surface area contributed by atoms with Crippen molar-refractivity contribution in [3.63, 3.8) is 0 Å². The molecule has 1 aromatic rings. The van der Waals surface area contributed by atoms with Gasteiger partial charge in [0.1, 0.15) is 5.75 Å². The molecule has 0 spiro atoms. The Morgan fingerprint density at radius 3 is 2.45 bits per heavy atom. The van der Waals surface area contributed by atoms with Crippen LogP contribution in [-0.2, 0) is 0 Å². The third kappa shape index (κ3) is 3.31. The number of hydrogen-bond donors (Lipinski definition) is 2. The quantitative estimate of drug-likeness (QED) is 0.835. The van der Waals surface area contributed by atoms with Gasteiger partial charge < -0.3 is 20.1 Å². The number of nitrogens with zero attached hydrogens (tertiary/aromatic N) is 1. The summed E-state index contributed by atoms with van der Waals surface area (Å²) < 4.78 is 31.3. The molecule has 1 atom stereocenters. The first-order valence-corrected chi connectivity index (χ1v) is 6.75. The molecule has 8 heteroatoms. The Morgan fingerprint density at radius 2 is 2.00 bits per heavy atom. The summed E-state index contributed by atoms with van der Waals surface area (Å²) in [5.74, 6) is 0.326. The van der Waals surface area contributed by atoms with Crippen molar-refractivity contribution in [1.82, 2.24) is 10.2 Å². The van der Waals surface area contributed by atoms with Crippen LogP contribution in [0.4, 0.5) is 13.6 Å². The number of alkyl halides is 3. The normalized spacial score (nSPS) is 21.1. The van der Waals surface area contributed by atoms with Crippen LogP contribution in [0, 0.1) is 0 Å². The van der Waals surface area contributed by atoms with Crippen molar-refractivity contribution >= 4 is 23.3 Å². The Hall–Kier alpha value is -1.86. The predicted octanol–water partition coefficient (Wildman–Crippen LogP) is 2.60. The maximum absolute atomic E-state index is 13.1. The van der Waals surface area contributed by atoms with Gasteiger partial charge in [-0.25, -0.2) is 4.79 Å². The van der Waals surface area contributed by atoms with Crippen LogP contribution in [0.3, 0.4) is 0 Å². The van der Waals surface area contributed by atoms with Gasteiger partial charge in [0.15, 0.2) is 0 Å². The van der Waals surface area contributed by atoms with E-state index in [9.17, 15) is 18.7 Å². The molecule has 0 saturated carbocycles. The lowest BCUT2D eigenvalue weighted by Crippen LogP contribution is -2.51. The number of benzene rings is 1. The standard InChI is InChI=1S/C14H15ClF2N2O3/c1-19(2)12(20)22-11-5-3-9(4-6-11)10-7-13(21,18-8-10)14(15,16)17/h3-6,8,18,21H,7H2,1-2H3. The second-order valence-electron chi connectivity index (χ2n) is 5.14. The number of amides is 1. The number of carbonyl (C=O) groups excluding carboxylic acids is 1. The molecular formula is C14H15ClF2N2O3. The first kappa shape index (κ1) is 16.5. The third-order valence-corrected chi connectivity index (χ3v) is 3.51. The highest BCUT2D eigenvalue weighted by molar-refractivity contribution is 6.22. The van der Waals surface area contributed by atoms with E-state index >= 15 is 0 Å². The molecular weight excluding hydrogens is 318 g/mol. The first-order chi connectivity index (χ1) is 10.1. The summed E-state index contributed by atoms with van der Waals surface area (Å²) in [7, 11) is 3.11. The Balaban J connectivity index is 2.08. The zero-order chi connectivity index (χ0) is 16.5. The number of carbonyl (C=O) groups is 1. The number of halogens is 3. The Kier molecular flexibility index (Phi) is 4.30. The summed E-state index contributed by atoms with van der Waals surface area (Å²) in [5.41, 5.74) is -1.44. The summed E-state index contributed by atoms with van der Waals surface area (Å²) in [6, 6.07) is 6.27. The van der Waals surface area contributed by atoms with E-state index in [1.807, 2.05) is 0 Å². The molecule has 0 saturated heterocycles. The SMILES string of the molecule is CN(C)C(=O)Oc1ccc(C2=CNC(O)(C(F)(F)Cl)C2)cc1. The Labute approximate surface area is 131 Å². The molecule has 1 aliphatic rings. The molecule has 0 aliphatic carbocycles. The van der Waals surface area contributed by atoms with Crippen molar-refractivity contribution < 1.29 is 23.4 Å². The van der Waals surface area contributed by atoms with E-state index in [1.165, 1.54) is 23.2 Å². The van der Waals surface area contributed by atoms with Gasteiger partial charge in [-0.3, -0.25) is 0 Å². The molecule has 5 nitrogen and oxygen atoms in total. The van der Waals surface area contributed by atoms with E-state index in [1.54, 1.807) is 26.2 Å². The number of ether oxygens (including phenoxy) is 1. The zero-order valence-corrected chi connectivity index (χ0v) is 12.7. The van der Waals surface area contributed by atoms with Crippen molar-refractivity contribution in [1.29, 1.82) is 0 Å². The van der Waals surface area contributed by atoms with E-state index in [-0.39, 0.29) is 6.42 Å². The summed E-state index contributed by atoms with van der Waals surface area (Å²) >= 11 is 4.90. The minimum atomic E-state index is -3.80. The summed E-state index contributed by atoms with van der Waals surface area (Å²) in [5, 5.41) is 8.18. The average molecular weight is 333 g/mol. The number of nitrogens with one attached hydrogen (secondary N) is 1. The molecule has 1 amide bonds. The Morgan fingerprint density at radius 1 is 1.41 bits per heavy atom. The van der Waals surface area contributed by atoms with Crippen molar-refractivity contribution in [2.75, 3.05) is 14.1 Å². The van der Waals surface area contributed by atoms with E-state index in [4.69, 9.17) is 16.3 Å². The fourth-order valence-corrected chi connectivity index (χ4v) is 2.00. The van der Waals surface area contributed by atoms with Crippen LogP contribution in [0.5, 0.6) is 5.75 Å². The monoisotopic (exact) mass is 332 g/mol. The van der Waals surface area contributed by atoms with Crippen molar-refractivity contribution in [2.45, 2.75) is 17.5 Å². The molecule has 0 radical (unpaired) electrons. The fraction of sp³-hybridized carbons (Fsp3) is 0.357. The van der Waals surface area contributed by atoms with E-state index in [0.717, 1.165) is 0 Å². The van der Waals surface area contributed by atoms with Crippen LogP contribution < -0.4 is 10.1 Å². The maximum Gasteiger partial charge on any atom is 0.414 e. The lowest BCUT2D eigenvalue weighted by molar-refractivity contribution is -0.131. The largest absolute Gasteiger partial charge is 0.414 e. The van der Waals surface area contributed by atoms with Crippen LogP contribution in [0.15, 0.2) is 30.5 Å². The van der Waals surface area contributed by atoms with E-state index < -0.39 is 17.2 Å². The molecule has 1 aliphatic heterocycles. The molecule has 1 heterocycles. The topological polar surface area (TPSA) is 61.8 Å². The van der Waals surface area contributed by atoms with Gasteiger partial charge in [0, 0.05) is 26.7 Å². The van der Waals surface area contributed by atoms with Gasteiger partial charge in [-0.05, 0) is 34.9 Å². The molecule has 0 fully saturated rings. The highest BCUT2D eigenvalue weighted by Gasteiger charge is 2.53. The summed E-state index contributed by atoms with van der Waals surface area (Å²) in [4.78, 5) is 12.7. The second-order valence-corrected chi connectivity index (χ2v) is 5.61. The minimum absolute atomic E-state index is 0.326. The van der Waals surface area contributed by atoms with Gasteiger partial charge >= 0.3 is 11.5 Å². The third-order valence-electron chi connectivity index (χ3n) is 3.20. The van der Waals surface area contributed by atoms with Gasteiger partial charge in [-0.1, -0.05) is 12.1 Å². The number of hydrogen-bond acceptors (Lipinski definition) is 4. The molecule has 2 N–H and O–H groups in total. The smallest absolute Gasteiger partial charge is 0.410 e. The van der Waals surface area contributed by atoms with Crippen LogP contribution in [0.1, 0.15) is 12.0 Å². The first-order valence-electron chi connectivity index (χ1n) is 6.38. The summed E-state index contributed by atoms with van der Waals surface area (Å²) in [6.45, 7) is 0. The predicted molar refractivity (Wildman–Crippen MR) is 77.6 cm³/mol. The van der Waals surface area contributed by atoms with E-state index in [0.29, 0.717) is 16.9 Å². The molecule has 1 aromatic carbocycles. The van der Waals surface area contributed by atoms with Crippen LogP contribution in [0.25, 0.3) is 5.57 Å². The number of aliphatic hydroxyl groups is 1. The lowest BCUT2D eigenvalue weighted by Gasteiger charge is -2.27. The molecule has 1 unspecified atom stereocenters. The Bertz CT molecular complexity index is 599. The zero-order valence-electron chi connectivity index (χ0n) is 11.9.